The smallest absolute Gasteiger partial charge is 0.220 e. The number of β-amino-alcohol motifs (C(OH)–C–C–N with tert-alkyl or cyclic N) is 1. The van der Waals surface area contributed by atoms with Gasteiger partial charge in [-0.1, -0.05) is 12.5 Å². The SMILES string of the molecule is Cc1cc(F)ccc1C(O)CN1CCCCC1C1CNC(=O)C1. The summed E-state index contributed by atoms with van der Waals surface area (Å²) in [6, 6.07) is 4.89. The maximum Gasteiger partial charge on any atom is 0.220 e. The van der Waals surface area contributed by atoms with Crippen molar-refractivity contribution in [2.75, 3.05) is 19.6 Å². The van der Waals surface area contributed by atoms with Gasteiger partial charge >= 0.3 is 0 Å². The Morgan fingerprint density at radius 1 is 1.43 bits per heavy atom. The van der Waals surface area contributed by atoms with E-state index >= 15 is 0 Å². The highest BCUT2D eigenvalue weighted by molar-refractivity contribution is 5.78. The first-order valence-corrected chi connectivity index (χ1v) is 8.49. The van der Waals surface area contributed by atoms with Crippen molar-refractivity contribution in [2.24, 2.45) is 5.92 Å². The topological polar surface area (TPSA) is 52.6 Å². The average Bonchev–Trinajstić information content (AvgIpc) is 2.94. The van der Waals surface area contributed by atoms with E-state index < -0.39 is 6.10 Å². The normalized spacial score (nSPS) is 27.0. The van der Waals surface area contributed by atoms with E-state index in [1.807, 2.05) is 6.92 Å². The van der Waals surface area contributed by atoms with Crippen LogP contribution in [0, 0.1) is 18.7 Å². The van der Waals surface area contributed by atoms with Crippen LogP contribution in [-0.4, -0.2) is 41.6 Å². The van der Waals surface area contributed by atoms with Crippen molar-refractivity contribution in [1.29, 1.82) is 0 Å². The van der Waals surface area contributed by atoms with Crippen LogP contribution in [0.4, 0.5) is 4.39 Å². The molecule has 0 spiro atoms. The highest BCUT2D eigenvalue weighted by Crippen LogP contribution is 2.30. The second kappa shape index (κ2) is 6.97. The second-order valence-electron chi connectivity index (χ2n) is 6.84. The second-order valence-corrected chi connectivity index (χ2v) is 6.84. The molecule has 3 unspecified atom stereocenters. The van der Waals surface area contributed by atoms with Crippen LogP contribution in [0.3, 0.4) is 0 Å². The zero-order chi connectivity index (χ0) is 16.4. The van der Waals surface area contributed by atoms with E-state index in [9.17, 15) is 14.3 Å². The Morgan fingerprint density at radius 2 is 2.26 bits per heavy atom. The number of hydrogen-bond donors (Lipinski definition) is 2. The molecular formula is C18H25FN2O2. The van der Waals surface area contributed by atoms with Gasteiger partial charge in [-0.15, -0.1) is 0 Å². The van der Waals surface area contributed by atoms with Crippen molar-refractivity contribution in [3.63, 3.8) is 0 Å². The van der Waals surface area contributed by atoms with Crippen LogP contribution < -0.4 is 5.32 Å². The number of amides is 1. The molecule has 1 amide bonds. The Balaban J connectivity index is 1.69. The summed E-state index contributed by atoms with van der Waals surface area (Å²) in [5.74, 6) is 0.199. The van der Waals surface area contributed by atoms with Gasteiger partial charge < -0.3 is 10.4 Å². The number of carbonyl (C=O) groups is 1. The summed E-state index contributed by atoms with van der Waals surface area (Å²) >= 11 is 0. The highest BCUT2D eigenvalue weighted by atomic mass is 19.1. The molecule has 0 aliphatic carbocycles. The molecule has 4 nitrogen and oxygen atoms in total. The van der Waals surface area contributed by atoms with E-state index in [0.717, 1.165) is 37.1 Å². The monoisotopic (exact) mass is 320 g/mol. The van der Waals surface area contributed by atoms with Gasteiger partial charge in [-0.3, -0.25) is 9.69 Å². The molecule has 3 atom stereocenters. The molecule has 0 aromatic heterocycles. The predicted molar refractivity (Wildman–Crippen MR) is 86.4 cm³/mol. The van der Waals surface area contributed by atoms with Crippen LogP contribution in [0.25, 0.3) is 0 Å². The summed E-state index contributed by atoms with van der Waals surface area (Å²) < 4.78 is 13.2. The van der Waals surface area contributed by atoms with Gasteiger partial charge in [-0.2, -0.15) is 0 Å². The standard InChI is InChI=1S/C18H25FN2O2/c1-12-8-14(19)5-6-15(12)17(22)11-21-7-3-2-4-16(21)13-9-18(23)20-10-13/h5-6,8,13,16-17,22H,2-4,7,9-11H2,1H3,(H,20,23). The lowest BCUT2D eigenvalue weighted by molar-refractivity contribution is -0.119. The number of aliphatic hydroxyl groups is 1. The molecule has 0 saturated carbocycles. The number of rotatable bonds is 4. The summed E-state index contributed by atoms with van der Waals surface area (Å²) in [4.78, 5) is 13.8. The third-order valence-corrected chi connectivity index (χ3v) is 5.22. The largest absolute Gasteiger partial charge is 0.387 e. The van der Waals surface area contributed by atoms with Gasteiger partial charge in [0, 0.05) is 31.5 Å². The molecular weight excluding hydrogens is 295 g/mol. The zero-order valence-electron chi connectivity index (χ0n) is 13.6. The summed E-state index contributed by atoms with van der Waals surface area (Å²) in [5, 5.41) is 13.5. The molecule has 2 aliphatic rings. The summed E-state index contributed by atoms with van der Waals surface area (Å²) in [6.07, 6.45) is 3.35. The molecule has 2 aliphatic heterocycles. The van der Waals surface area contributed by atoms with Crippen molar-refractivity contribution >= 4 is 5.91 Å². The first-order chi connectivity index (χ1) is 11.0. The Morgan fingerprint density at radius 3 is 2.96 bits per heavy atom. The van der Waals surface area contributed by atoms with Gasteiger partial charge in [-0.25, -0.2) is 4.39 Å². The fourth-order valence-corrected chi connectivity index (χ4v) is 4.01. The predicted octanol–water partition coefficient (Wildman–Crippen LogP) is 2.16. The minimum atomic E-state index is -0.624. The molecule has 2 heterocycles. The molecule has 126 valence electrons. The molecule has 2 saturated heterocycles. The summed E-state index contributed by atoms with van der Waals surface area (Å²) in [7, 11) is 0. The van der Waals surface area contributed by atoms with E-state index in [4.69, 9.17) is 0 Å². The highest BCUT2D eigenvalue weighted by Gasteiger charge is 2.35. The molecule has 0 radical (unpaired) electrons. The number of benzene rings is 1. The van der Waals surface area contributed by atoms with Gasteiger partial charge in [0.2, 0.25) is 5.91 Å². The first kappa shape index (κ1) is 16.4. The van der Waals surface area contributed by atoms with Crippen LogP contribution in [0.2, 0.25) is 0 Å². The number of piperidine rings is 1. The molecule has 1 aromatic carbocycles. The Labute approximate surface area is 136 Å². The molecule has 1 aromatic rings. The maximum atomic E-state index is 13.2. The van der Waals surface area contributed by atoms with E-state index in [0.29, 0.717) is 24.9 Å². The lowest BCUT2D eigenvalue weighted by Gasteiger charge is -2.40. The minimum absolute atomic E-state index is 0.135. The number of aliphatic hydroxyl groups excluding tert-OH is 1. The molecule has 5 heteroatoms. The van der Waals surface area contributed by atoms with Crippen molar-refractivity contribution in [3.8, 4) is 0 Å². The van der Waals surface area contributed by atoms with E-state index in [-0.39, 0.29) is 11.7 Å². The molecule has 0 bridgehead atoms. The van der Waals surface area contributed by atoms with Gasteiger partial charge in [0.15, 0.2) is 0 Å². The first-order valence-electron chi connectivity index (χ1n) is 8.49. The summed E-state index contributed by atoms with van der Waals surface area (Å²) in [5.41, 5.74) is 1.57. The van der Waals surface area contributed by atoms with Crippen LogP contribution in [0.15, 0.2) is 18.2 Å². The van der Waals surface area contributed by atoms with E-state index in [2.05, 4.69) is 10.2 Å². The van der Waals surface area contributed by atoms with Crippen molar-refractivity contribution in [1.82, 2.24) is 10.2 Å². The molecule has 23 heavy (non-hydrogen) atoms. The van der Waals surface area contributed by atoms with E-state index in [1.54, 1.807) is 6.07 Å². The number of hydrogen-bond acceptors (Lipinski definition) is 3. The third kappa shape index (κ3) is 3.72. The van der Waals surface area contributed by atoms with Crippen LogP contribution >= 0.6 is 0 Å². The Hall–Kier alpha value is -1.46. The van der Waals surface area contributed by atoms with Crippen molar-refractivity contribution in [2.45, 2.75) is 44.8 Å². The van der Waals surface area contributed by atoms with Crippen LogP contribution in [0.1, 0.15) is 42.9 Å². The quantitative estimate of drug-likeness (QED) is 0.894. The van der Waals surface area contributed by atoms with Gasteiger partial charge in [0.05, 0.1) is 6.10 Å². The van der Waals surface area contributed by atoms with Gasteiger partial charge in [0.25, 0.3) is 0 Å². The number of nitrogens with one attached hydrogen (secondary N) is 1. The van der Waals surface area contributed by atoms with Gasteiger partial charge in [0.1, 0.15) is 5.82 Å². The fourth-order valence-electron chi connectivity index (χ4n) is 4.01. The number of carbonyl (C=O) groups excluding carboxylic acids is 1. The maximum absolute atomic E-state index is 13.2. The van der Waals surface area contributed by atoms with Crippen molar-refractivity contribution in [3.05, 3.63) is 35.1 Å². The Kier molecular flexibility index (Phi) is 4.97. The van der Waals surface area contributed by atoms with Gasteiger partial charge in [-0.05, 0) is 49.6 Å². The molecule has 2 N–H and O–H groups in total. The number of halogens is 1. The lowest BCUT2D eigenvalue weighted by atomic mass is 9.89. The molecule has 3 rings (SSSR count). The zero-order valence-corrected chi connectivity index (χ0v) is 13.6. The third-order valence-electron chi connectivity index (χ3n) is 5.22. The van der Waals surface area contributed by atoms with Crippen LogP contribution in [0.5, 0.6) is 0 Å². The number of aryl methyl sites for hydroxylation is 1. The summed E-state index contributed by atoms with van der Waals surface area (Å²) in [6.45, 7) is 4.06. The molecule has 2 fully saturated rings. The van der Waals surface area contributed by atoms with E-state index in [1.165, 1.54) is 18.6 Å². The number of likely N-dealkylation sites (tertiary alicyclic amines) is 1. The lowest BCUT2D eigenvalue weighted by Crippen LogP contribution is -2.46. The fraction of sp³-hybridized carbons (Fsp3) is 0.611. The number of nitrogens with zero attached hydrogens (tertiary/aromatic N) is 1. The van der Waals surface area contributed by atoms with Crippen LogP contribution in [-0.2, 0) is 4.79 Å². The minimum Gasteiger partial charge on any atom is -0.387 e. The van der Waals surface area contributed by atoms with Crippen molar-refractivity contribution < 1.29 is 14.3 Å². The average molecular weight is 320 g/mol. The Bertz CT molecular complexity index is 578.